The Labute approximate surface area is 260 Å². The number of imidazole rings is 1. The van der Waals surface area contributed by atoms with E-state index in [2.05, 4.69) is 31.9 Å². The van der Waals surface area contributed by atoms with Crippen molar-refractivity contribution in [2.75, 3.05) is 5.32 Å². The summed E-state index contributed by atoms with van der Waals surface area (Å²) < 4.78 is 4.99. The second-order valence-corrected chi connectivity index (χ2v) is 11.5. The molecular formula is C32H32ClN9O2. The minimum Gasteiger partial charge on any atom is -0.339 e. The molecule has 2 aromatic carbocycles. The topological polar surface area (TPSA) is 135 Å². The van der Waals surface area contributed by atoms with E-state index in [1.807, 2.05) is 54.9 Å². The number of rotatable bonds is 9. The van der Waals surface area contributed by atoms with Gasteiger partial charge in [0.2, 0.25) is 5.91 Å². The molecule has 0 unspecified atom stereocenters. The number of amides is 2. The van der Waals surface area contributed by atoms with Crippen molar-refractivity contribution in [1.29, 1.82) is 5.26 Å². The van der Waals surface area contributed by atoms with Gasteiger partial charge in [0.05, 0.1) is 30.0 Å². The molecule has 2 amide bonds. The number of nitrogens with one attached hydrogen (secondary N) is 2. The Hall–Kier alpha value is -5.21. The fourth-order valence-electron chi connectivity index (χ4n) is 4.90. The molecule has 1 atom stereocenters. The predicted octanol–water partition coefficient (Wildman–Crippen LogP) is 4.88. The maximum absolute atomic E-state index is 13.7. The lowest BCUT2D eigenvalue weighted by Gasteiger charge is -2.20. The van der Waals surface area contributed by atoms with E-state index in [0.717, 1.165) is 28.1 Å². The summed E-state index contributed by atoms with van der Waals surface area (Å²) in [7, 11) is 3.59. The number of hydrogen-bond donors (Lipinski definition) is 2. The van der Waals surface area contributed by atoms with Crippen LogP contribution < -0.4 is 10.6 Å². The van der Waals surface area contributed by atoms with Crippen molar-refractivity contribution in [2.24, 2.45) is 14.1 Å². The van der Waals surface area contributed by atoms with E-state index in [0.29, 0.717) is 22.0 Å². The van der Waals surface area contributed by atoms with Gasteiger partial charge in [0, 0.05) is 54.7 Å². The highest BCUT2D eigenvalue weighted by Gasteiger charge is 2.25. The van der Waals surface area contributed by atoms with Gasteiger partial charge in [-0.1, -0.05) is 29.8 Å². The highest BCUT2D eigenvalue weighted by Crippen LogP contribution is 2.28. The standard InChI is InChI=1S/C32H32ClN9O2/c1-20-29(40(4)19-35-20)21-6-9-25(10-7-21)38-30(43)27(39-31(44)28-12-13-36-41(28)5)15-23-14-22(8-11-26(23)33)24-16-37-42(17-24)32(2,3)18-34/h6-14,16-17,19,27H,15H2,1-5H3,(H,38,43)(H,39,44)/t27-/m0/s1. The number of aromatic nitrogens is 6. The molecule has 0 spiro atoms. The Bertz CT molecular complexity index is 1860. The largest absolute Gasteiger partial charge is 0.339 e. The van der Waals surface area contributed by atoms with Gasteiger partial charge in [-0.15, -0.1) is 0 Å². The molecule has 0 aliphatic heterocycles. The van der Waals surface area contributed by atoms with Crippen LogP contribution in [0.2, 0.25) is 5.02 Å². The molecule has 0 aliphatic rings. The minimum absolute atomic E-state index is 0.117. The first-order valence-corrected chi connectivity index (χ1v) is 14.3. The maximum atomic E-state index is 13.7. The molecule has 0 fully saturated rings. The van der Waals surface area contributed by atoms with Gasteiger partial charge in [-0.25, -0.2) is 4.98 Å². The third-order valence-corrected chi connectivity index (χ3v) is 7.82. The monoisotopic (exact) mass is 609 g/mol. The van der Waals surface area contributed by atoms with Crippen molar-refractivity contribution in [3.63, 3.8) is 0 Å². The number of benzene rings is 2. The zero-order valence-electron chi connectivity index (χ0n) is 25.0. The molecule has 0 bridgehead atoms. The Balaban J connectivity index is 1.41. The molecule has 11 nitrogen and oxygen atoms in total. The van der Waals surface area contributed by atoms with E-state index in [1.165, 1.54) is 10.9 Å². The first-order chi connectivity index (χ1) is 21.0. The van der Waals surface area contributed by atoms with E-state index < -0.39 is 23.4 Å². The van der Waals surface area contributed by atoms with Crippen molar-refractivity contribution in [3.8, 4) is 28.5 Å². The SMILES string of the molecule is Cc1ncn(C)c1-c1ccc(NC(=O)[C@H](Cc2cc(-c3cnn(C(C)(C)C#N)c3)ccc2Cl)NC(=O)c2ccnn2C)cc1. The maximum Gasteiger partial charge on any atom is 0.270 e. The number of aryl methyl sites for hydroxylation is 3. The number of nitriles is 1. The van der Waals surface area contributed by atoms with Crippen LogP contribution in [0.3, 0.4) is 0 Å². The van der Waals surface area contributed by atoms with Crippen LogP contribution >= 0.6 is 11.6 Å². The summed E-state index contributed by atoms with van der Waals surface area (Å²) in [6.07, 6.45) is 6.86. The number of carbonyl (C=O) groups excluding carboxylic acids is 2. The van der Waals surface area contributed by atoms with Gasteiger partial charge in [-0.05, 0) is 62.2 Å². The summed E-state index contributed by atoms with van der Waals surface area (Å²) in [5.74, 6) is -0.852. The lowest BCUT2D eigenvalue weighted by atomic mass is 10.00. The van der Waals surface area contributed by atoms with Crippen LogP contribution in [0.4, 0.5) is 5.69 Å². The molecule has 224 valence electrons. The zero-order chi connectivity index (χ0) is 31.6. The Morgan fingerprint density at radius 1 is 1.05 bits per heavy atom. The number of halogens is 1. The molecule has 12 heteroatoms. The van der Waals surface area contributed by atoms with Crippen molar-refractivity contribution in [1.82, 2.24) is 34.4 Å². The number of carbonyl (C=O) groups is 2. The summed E-state index contributed by atoms with van der Waals surface area (Å²) in [4.78, 5) is 31.2. The molecule has 3 heterocycles. The molecule has 44 heavy (non-hydrogen) atoms. The van der Waals surface area contributed by atoms with Crippen molar-refractivity contribution in [2.45, 2.75) is 38.8 Å². The van der Waals surface area contributed by atoms with Crippen LogP contribution in [0.15, 0.2) is 73.4 Å². The summed E-state index contributed by atoms with van der Waals surface area (Å²) in [5.41, 5.74) is 5.18. The van der Waals surface area contributed by atoms with E-state index in [-0.39, 0.29) is 6.42 Å². The smallest absolute Gasteiger partial charge is 0.270 e. The number of hydrogen-bond acceptors (Lipinski definition) is 6. The van der Waals surface area contributed by atoms with Crippen LogP contribution in [0.5, 0.6) is 0 Å². The molecule has 5 rings (SSSR count). The quantitative estimate of drug-likeness (QED) is 0.244. The zero-order valence-corrected chi connectivity index (χ0v) is 25.8. The molecule has 0 saturated heterocycles. The fourth-order valence-corrected chi connectivity index (χ4v) is 5.09. The number of nitrogens with zero attached hydrogens (tertiary/aromatic N) is 7. The first-order valence-electron chi connectivity index (χ1n) is 13.9. The first kappa shape index (κ1) is 30.3. The van der Waals surface area contributed by atoms with Gasteiger partial charge in [0.1, 0.15) is 17.3 Å². The van der Waals surface area contributed by atoms with Gasteiger partial charge in [0.15, 0.2) is 0 Å². The average molecular weight is 610 g/mol. The molecule has 0 radical (unpaired) electrons. The van der Waals surface area contributed by atoms with E-state index in [4.69, 9.17) is 11.6 Å². The predicted molar refractivity (Wildman–Crippen MR) is 168 cm³/mol. The van der Waals surface area contributed by atoms with Gasteiger partial charge >= 0.3 is 0 Å². The highest BCUT2D eigenvalue weighted by atomic mass is 35.5. The molecule has 5 aromatic rings. The second kappa shape index (κ2) is 12.2. The third-order valence-electron chi connectivity index (χ3n) is 7.45. The Morgan fingerprint density at radius 3 is 2.41 bits per heavy atom. The van der Waals surface area contributed by atoms with Gasteiger partial charge in [-0.2, -0.15) is 15.5 Å². The van der Waals surface area contributed by atoms with Gasteiger partial charge in [0.25, 0.3) is 5.91 Å². The molecular weight excluding hydrogens is 578 g/mol. The lowest BCUT2D eigenvalue weighted by Crippen LogP contribution is -2.45. The third kappa shape index (κ3) is 6.26. The van der Waals surface area contributed by atoms with Gasteiger partial charge < -0.3 is 15.2 Å². The molecule has 3 aromatic heterocycles. The lowest BCUT2D eigenvalue weighted by molar-refractivity contribution is -0.118. The van der Waals surface area contributed by atoms with Crippen LogP contribution in [-0.2, 0) is 30.8 Å². The van der Waals surface area contributed by atoms with Crippen LogP contribution in [0, 0.1) is 18.3 Å². The normalized spacial score (nSPS) is 12.0. The van der Waals surface area contributed by atoms with Crippen molar-refractivity contribution in [3.05, 3.63) is 95.4 Å². The minimum atomic E-state index is -0.968. The van der Waals surface area contributed by atoms with Crippen molar-refractivity contribution < 1.29 is 9.59 Å². The van der Waals surface area contributed by atoms with Crippen LogP contribution in [0.1, 0.15) is 35.6 Å². The molecule has 0 aliphatic carbocycles. The van der Waals surface area contributed by atoms with E-state index in [9.17, 15) is 14.9 Å². The van der Waals surface area contributed by atoms with E-state index >= 15 is 0 Å². The average Bonchev–Trinajstić information content (AvgIpc) is 3.75. The highest BCUT2D eigenvalue weighted by molar-refractivity contribution is 6.31. The van der Waals surface area contributed by atoms with E-state index in [1.54, 1.807) is 56.4 Å². The Morgan fingerprint density at radius 2 is 1.77 bits per heavy atom. The van der Waals surface area contributed by atoms with Gasteiger partial charge in [-0.3, -0.25) is 19.0 Å². The van der Waals surface area contributed by atoms with Crippen molar-refractivity contribution >= 4 is 29.1 Å². The Kier molecular flexibility index (Phi) is 8.38. The summed E-state index contributed by atoms with van der Waals surface area (Å²) in [6.45, 7) is 5.50. The summed E-state index contributed by atoms with van der Waals surface area (Å²) in [5, 5.41) is 24.2. The molecule has 0 saturated carbocycles. The van der Waals surface area contributed by atoms with Crippen LogP contribution in [0.25, 0.3) is 22.4 Å². The second-order valence-electron chi connectivity index (χ2n) is 11.1. The number of anilines is 1. The summed E-state index contributed by atoms with van der Waals surface area (Å²) in [6, 6.07) is 15.8. The fraction of sp³-hybridized carbons (Fsp3) is 0.250. The summed E-state index contributed by atoms with van der Waals surface area (Å²) >= 11 is 6.62. The molecule has 2 N–H and O–H groups in total. The van der Waals surface area contributed by atoms with Crippen LogP contribution in [-0.4, -0.2) is 47.0 Å².